The molecule has 0 aliphatic heterocycles. The van der Waals surface area contributed by atoms with Gasteiger partial charge in [-0.05, 0) is 50.3 Å². The minimum absolute atomic E-state index is 0.169. The van der Waals surface area contributed by atoms with Crippen LogP contribution in [0.3, 0.4) is 0 Å². The first-order valence-electron chi connectivity index (χ1n) is 8.47. The van der Waals surface area contributed by atoms with Gasteiger partial charge in [-0.2, -0.15) is 0 Å². The molecule has 2 atom stereocenters. The van der Waals surface area contributed by atoms with Crippen molar-refractivity contribution in [2.24, 2.45) is 11.3 Å². The Kier molecular flexibility index (Phi) is 5.28. The lowest BCUT2D eigenvalue weighted by molar-refractivity contribution is -0.156. The van der Waals surface area contributed by atoms with Gasteiger partial charge in [0.1, 0.15) is 5.78 Å². The van der Waals surface area contributed by atoms with Gasteiger partial charge in [-0.25, -0.2) is 0 Å². The minimum atomic E-state index is -0.602. The fraction of sp³-hybridized carbons (Fsp3) is 0.600. The van der Waals surface area contributed by atoms with E-state index in [9.17, 15) is 9.59 Å². The Balaban J connectivity index is 2.29. The van der Waals surface area contributed by atoms with E-state index >= 15 is 0 Å². The van der Waals surface area contributed by atoms with Crippen molar-refractivity contribution in [3.05, 3.63) is 34.4 Å². The van der Waals surface area contributed by atoms with Crippen LogP contribution in [-0.2, 0) is 20.7 Å². The van der Waals surface area contributed by atoms with Crippen LogP contribution in [-0.4, -0.2) is 18.9 Å². The van der Waals surface area contributed by atoms with Gasteiger partial charge in [0.2, 0.25) is 0 Å². The average molecular weight is 316 g/mol. The van der Waals surface area contributed by atoms with E-state index in [1.165, 1.54) is 12.7 Å². The molecule has 0 heterocycles. The fourth-order valence-corrected chi connectivity index (χ4v) is 4.04. The molecule has 2 rings (SSSR count). The van der Waals surface area contributed by atoms with Crippen LogP contribution in [0.5, 0.6) is 0 Å². The second-order valence-corrected chi connectivity index (χ2v) is 7.22. The molecule has 0 amide bonds. The predicted molar refractivity (Wildman–Crippen MR) is 91.4 cm³/mol. The number of esters is 1. The third-order valence-corrected chi connectivity index (χ3v) is 5.51. The summed E-state index contributed by atoms with van der Waals surface area (Å²) in [5, 5.41) is 0. The normalized spacial score (nSPS) is 24.3. The van der Waals surface area contributed by atoms with Gasteiger partial charge in [-0.3, -0.25) is 9.59 Å². The van der Waals surface area contributed by atoms with Crippen molar-refractivity contribution in [2.45, 2.75) is 59.8 Å². The van der Waals surface area contributed by atoms with E-state index in [1.54, 1.807) is 0 Å². The first-order chi connectivity index (χ1) is 10.8. The van der Waals surface area contributed by atoms with E-state index < -0.39 is 5.41 Å². The first kappa shape index (κ1) is 17.7. The monoisotopic (exact) mass is 316 g/mol. The minimum Gasteiger partial charge on any atom is -0.469 e. The number of hydrogen-bond donors (Lipinski definition) is 0. The highest BCUT2D eigenvalue weighted by Gasteiger charge is 2.46. The zero-order chi connectivity index (χ0) is 17.2. The topological polar surface area (TPSA) is 43.4 Å². The molecule has 1 aromatic carbocycles. The molecule has 126 valence electrons. The molecule has 1 aliphatic carbocycles. The molecule has 3 nitrogen and oxygen atoms in total. The van der Waals surface area contributed by atoms with Crippen LogP contribution in [0.4, 0.5) is 0 Å². The zero-order valence-electron chi connectivity index (χ0n) is 15.0. The number of methoxy groups -OCH3 is 1. The maximum Gasteiger partial charge on any atom is 0.309 e. The molecule has 0 aromatic heterocycles. The van der Waals surface area contributed by atoms with Gasteiger partial charge >= 0.3 is 5.97 Å². The molecule has 23 heavy (non-hydrogen) atoms. The summed E-state index contributed by atoms with van der Waals surface area (Å²) in [5.41, 5.74) is 4.04. The number of carbonyl (C=O) groups excluding carboxylic acids is 2. The summed E-state index contributed by atoms with van der Waals surface area (Å²) >= 11 is 0. The lowest BCUT2D eigenvalue weighted by Gasteiger charge is -2.38. The van der Waals surface area contributed by atoms with Gasteiger partial charge in [0, 0.05) is 11.8 Å². The average Bonchev–Trinajstić information content (AvgIpc) is 2.50. The van der Waals surface area contributed by atoms with Crippen LogP contribution in [0, 0.1) is 32.1 Å². The second-order valence-electron chi connectivity index (χ2n) is 7.22. The van der Waals surface area contributed by atoms with Crippen molar-refractivity contribution >= 4 is 11.8 Å². The molecular formula is C20H28O3. The summed E-state index contributed by atoms with van der Waals surface area (Å²) in [6.45, 7) is 8.14. The molecule has 0 radical (unpaired) electrons. The number of ketones is 1. The number of Topliss-reactive ketones (excluding diaryl/α,β-unsaturated/α-hetero) is 1. The number of aryl methyl sites for hydroxylation is 3. The Morgan fingerprint density at radius 3 is 2.35 bits per heavy atom. The Hall–Kier alpha value is -1.64. The lowest BCUT2D eigenvalue weighted by Crippen LogP contribution is -2.44. The molecule has 1 aliphatic rings. The molecule has 3 heteroatoms. The lowest BCUT2D eigenvalue weighted by atomic mass is 9.64. The number of carbonyl (C=O) groups is 2. The quantitative estimate of drug-likeness (QED) is 0.786. The Morgan fingerprint density at radius 2 is 1.78 bits per heavy atom. The molecule has 0 bridgehead atoms. The van der Waals surface area contributed by atoms with Crippen molar-refractivity contribution in [3.8, 4) is 0 Å². The predicted octanol–water partition coefficient (Wildman–Crippen LogP) is 4.09. The molecule has 0 spiro atoms. The van der Waals surface area contributed by atoms with E-state index in [4.69, 9.17) is 4.74 Å². The Bertz CT molecular complexity index is 594. The van der Waals surface area contributed by atoms with Gasteiger partial charge < -0.3 is 4.74 Å². The maximum absolute atomic E-state index is 13.1. The van der Waals surface area contributed by atoms with Crippen molar-refractivity contribution in [3.63, 3.8) is 0 Å². The SMILES string of the molecule is COC(=O)C1CCCCC1(C)C(=O)Cc1c(C)cc(C)cc1C. The zero-order valence-corrected chi connectivity index (χ0v) is 15.0. The van der Waals surface area contributed by atoms with Crippen LogP contribution in [0.15, 0.2) is 12.1 Å². The highest BCUT2D eigenvalue weighted by atomic mass is 16.5. The molecular weight excluding hydrogens is 288 g/mol. The number of rotatable bonds is 4. The standard InChI is InChI=1S/C20H28O3/c1-13-10-14(2)16(15(3)11-13)12-18(21)20(4)9-7-6-8-17(20)19(22)23-5/h10-11,17H,6-9,12H2,1-5H3. The third-order valence-electron chi connectivity index (χ3n) is 5.51. The van der Waals surface area contributed by atoms with Crippen molar-refractivity contribution < 1.29 is 14.3 Å². The third kappa shape index (κ3) is 3.49. The number of ether oxygens (including phenoxy) is 1. The van der Waals surface area contributed by atoms with Crippen LogP contribution >= 0.6 is 0 Å². The van der Waals surface area contributed by atoms with Gasteiger partial charge in [-0.1, -0.05) is 37.5 Å². The first-order valence-corrected chi connectivity index (χ1v) is 8.47. The molecule has 1 saturated carbocycles. The van der Waals surface area contributed by atoms with Crippen molar-refractivity contribution in [2.75, 3.05) is 7.11 Å². The second kappa shape index (κ2) is 6.86. The van der Waals surface area contributed by atoms with Crippen LogP contribution in [0.1, 0.15) is 54.9 Å². The summed E-state index contributed by atoms with van der Waals surface area (Å²) < 4.78 is 4.96. The highest BCUT2D eigenvalue weighted by Crippen LogP contribution is 2.43. The summed E-state index contributed by atoms with van der Waals surface area (Å²) in [6, 6.07) is 4.24. The summed E-state index contributed by atoms with van der Waals surface area (Å²) in [5.74, 6) is -0.375. The molecule has 2 unspecified atom stereocenters. The smallest absolute Gasteiger partial charge is 0.309 e. The van der Waals surface area contributed by atoms with Gasteiger partial charge in [0.25, 0.3) is 0 Å². The Labute approximate surface area is 139 Å². The van der Waals surface area contributed by atoms with E-state index in [0.717, 1.165) is 42.4 Å². The summed E-state index contributed by atoms with van der Waals surface area (Å²) in [7, 11) is 1.41. The van der Waals surface area contributed by atoms with E-state index in [2.05, 4.69) is 32.9 Å². The largest absolute Gasteiger partial charge is 0.469 e. The molecule has 0 N–H and O–H groups in total. The number of hydrogen-bond acceptors (Lipinski definition) is 3. The van der Waals surface area contributed by atoms with Gasteiger partial charge in [0.15, 0.2) is 0 Å². The van der Waals surface area contributed by atoms with Crippen molar-refractivity contribution in [1.29, 1.82) is 0 Å². The van der Waals surface area contributed by atoms with E-state index in [1.807, 2.05) is 6.92 Å². The van der Waals surface area contributed by atoms with Crippen LogP contribution in [0.2, 0.25) is 0 Å². The number of benzene rings is 1. The van der Waals surface area contributed by atoms with Crippen molar-refractivity contribution in [1.82, 2.24) is 0 Å². The molecule has 0 saturated heterocycles. The van der Waals surface area contributed by atoms with Gasteiger partial charge in [-0.15, -0.1) is 0 Å². The van der Waals surface area contributed by atoms with E-state index in [0.29, 0.717) is 6.42 Å². The molecule has 1 fully saturated rings. The van der Waals surface area contributed by atoms with E-state index in [-0.39, 0.29) is 17.7 Å². The summed E-state index contributed by atoms with van der Waals surface area (Å²) in [4.78, 5) is 25.2. The van der Waals surface area contributed by atoms with Crippen LogP contribution < -0.4 is 0 Å². The molecule has 1 aromatic rings. The fourth-order valence-electron chi connectivity index (χ4n) is 4.04. The maximum atomic E-state index is 13.1. The van der Waals surface area contributed by atoms with Crippen LogP contribution in [0.25, 0.3) is 0 Å². The summed E-state index contributed by atoms with van der Waals surface area (Å²) in [6.07, 6.45) is 3.92. The highest BCUT2D eigenvalue weighted by molar-refractivity contribution is 5.92. The Morgan fingerprint density at radius 1 is 1.17 bits per heavy atom. The van der Waals surface area contributed by atoms with Gasteiger partial charge in [0.05, 0.1) is 13.0 Å².